The van der Waals surface area contributed by atoms with E-state index in [4.69, 9.17) is 9.47 Å². The van der Waals surface area contributed by atoms with Crippen LogP contribution < -0.4 is 20.1 Å². The Morgan fingerprint density at radius 2 is 1.37 bits per heavy atom. The summed E-state index contributed by atoms with van der Waals surface area (Å²) < 4.78 is 11.4. The molecule has 0 fully saturated rings. The summed E-state index contributed by atoms with van der Waals surface area (Å²) in [6, 6.07) is 26.5. The van der Waals surface area contributed by atoms with Crippen LogP contribution in [0.15, 0.2) is 83.9 Å². The van der Waals surface area contributed by atoms with E-state index in [9.17, 15) is 0 Å². The molecule has 5 nitrogen and oxygen atoms in total. The fourth-order valence-corrected chi connectivity index (χ4v) is 3.10. The van der Waals surface area contributed by atoms with Crippen LogP contribution in [0.1, 0.15) is 11.1 Å². The molecule has 0 saturated carbocycles. The van der Waals surface area contributed by atoms with Crippen molar-refractivity contribution in [3.63, 3.8) is 0 Å². The van der Waals surface area contributed by atoms with E-state index in [1.807, 2.05) is 42.5 Å². The molecule has 0 saturated heterocycles. The molecule has 0 unspecified atom stereocenters. The van der Waals surface area contributed by atoms with Crippen LogP contribution in [0.4, 0.5) is 5.69 Å². The Balaban J connectivity index is 0.00000256. The maximum atomic E-state index is 5.76. The van der Waals surface area contributed by atoms with Crippen molar-refractivity contribution in [2.75, 3.05) is 31.6 Å². The van der Waals surface area contributed by atoms with Gasteiger partial charge in [-0.05, 0) is 53.9 Å². The first-order valence-electron chi connectivity index (χ1n) is 9.89. The second kappa shape index (κ2) is 11.1. The highest BCUT2D eigenvalue weighted by Crippen LogP contribution is 2.17. The monoisotopic (exact) mass is 423 g/mol. The third-order valence-corrected chi connectivity index (χ3v) is 4.59. The highest BCUT2D eigenvalue weighted by Gasteiger charge is 2.05. The lowest BCUT2D eigenvalue weighted by Gasteiger charge is -2.10. The molecular formula is C24H26ClN3O2. The molecule has 2 N–H and O–H groups in total. The Bertz CT molecular complexity index is 929. The number of rotatable bonds is 8. The predicted molar refractivity (Wildman–Crippen MR) is 124 cm³/mol. The summed E-state index contributed by atoms with van der Waals surface area (Å²) in [6.07, 6.45) is 0.886. The van der Waals surface area contributed by atoms with Gasteiger partial charge in [-0.2, -0.15) is 0 Å². The van der Waals surface area contributed by atoms with Crippen molar-refractivity contribution in [1.82, 2.24) is 5.32 Å². The molecule has 0 aliphatic carbocycles. The molecule has 3 aromatic carbocycles. The van der Waals surface area contributed by atoms with Gasteiger partial charge in [0.1, 0.15) is 24.7 Å². The van der Waals surface area contributed by atoms with Crippen LogP contribution in [0.3, 0.4) is 0 Å². The van der Waals surface area contributed by atoms with Gasteiger partial charge in [0.25, 0.3) is 0 Å². The zero-order chi connectivity index (χ0) is 19.7. The first kappa shape index (κ1) is 21.5. The second-order valence-electron chi connectivity index (χ2n) is 6.81. The molecule has 1 aliphatic heterocycles. The van der Waals surface area contributed by atoms with Crippen LogP contribution in [0.2, 0.25) is 0 Å². The minimum Gasteiger partial charge on any atom is -0.490 e. The minimum atomic E-state index is 0. The Morgan fingerprint density at radius 1 is 0.767 bits per heavy atom. The number of ether oxygens (including phenoxy) is 2. The predicted octanol–water partition coefficient (Wildman–Crippen LogP) is 4.53. The SMILES string of the molecule is Cl.c1ccc(OCCOc2ccc(Cc3ccc(NC4=NCCN4)cc3)cc2)cc1. The fraction of sp³-hybridized carbons (Fsp3) is 0.208. The molecule has 156 valence electrons. The average molecular weight is 424 g/mol. The Labute approximate surface area is 183 Å². The van der Waals surface area contributed by atoms with Crippen LogP contribution in [0.25, 0.3) is 0 Å². The largest absolute Gasteiger partial charge is 0.490 e. The summed E-state index contributed by atoms with van der Waals surface area (Å²) in [4.78, 5) is 4.35. The molecule has 0 radical (unpaired) electrons. The highest BCUT2D eigenvalue weighted by molar-refractivity contribution is 5.94. The number of para-hydroxylation sites is 1. The molecule has 3 aromatic rings. The van der Waals surface area contributed by atoms with Crippen molar-refractivity contribution in [1.29, 1.82) is 0 Å². The molecule has 1 aliphatic rings. The van der Waals surface area contributed by atoms with Gasteiger partial charge in [0.15, 0.2) is 5.96 Å². The average Bonchev–Trinajstić information content (AvgIpc) is 3.28. The maximum absolute atomic E-state index is 5.76. The summed E-state index contributed by atoms with van der Waals surface area (Å²) in [6.45, 7) is 2.78. The first-order chi connectivity index (χ1) is 14.3. The summed E-state index contributed by atoms with van der Waals surface area (Å²) in [5.41, 5.74) is 3.56. The number of hydrogen-bond acceptors (Lipinski definition) is 5. The van der Waals surface area contributed by atoms with Gasteiger partial charge in [-0.15, -0.1) is 12.4 Å². The topological polar surface area (TPSA) is 54.9 Å². The van der Waals surface area contributed by atoms with Crippen molar-refractivity contribution in [3.8, 4) is 11.5 Å². The lowest BCUT2D eigenvalue weighted by Crippen LogP contribution is -2.26. The standard InChI is InChI=1S/C24H25N3O2.ClH/c1-2-4-22(5-3-1)28-16-17-29-23-12-8-20(9-13-23)18-19-6-10-21(11-7-19)27-24-25-14-15-26-24;/h1-13H,14-18H2,(H2,25,26,27);1H. The third-order valence-electron chi connectivity index (χ3n) is 4.59. The van der Waals surface area contributed by atoms with Crippen molar-refractivity contribution < 1.29 is 9.47 Å². The maximum Gasteiger partial charge on any atom is 0.195 e. The van der Waals surface area contributed by atoms with Gasteiger partial charge in [0.2, 0.25) is 0 Å². The molecule has 0 spiro atoms. The molecule has 0 aromatic heterocycles. The molecule has 30 heavy (non-hydrogen) atoms. The molecular weight excluding hydrogens is 398 g/mol. The summed E-state index contributed by atoms with van der Waals surface area (Å²) in [5.74, 6) is 2.57. The van der Waals surface area contributed by atoms with Gasteiger partial charge in [0, 0.05) is 12.2 Å². The number of nitrogens with one attached hydrogen (secondary N) is 2. The van der Waals surface area contributed by atoms with Gasteiger partial charge in [0.05, 0.1) is 6.54 Å². The van der Waals surface area contributed by atoms with Crippen molar-refractivity contribution in [3.05, 3.63) is 90.0 Å². The number of benzene rings is 3. The van der Waals surface area contributed by atoms with E-state index < -0.39 is 0 Å². The van der Waals surface area contributed by atoms with E-state index in [0.29, 0.717) is 13.2 Å². The third kappa shape index (κ3) is 6.42. The van der Waals surface area contributed by atoms with E-state index in [2.05, 4.69) is 52.0 Å². The normalized spacial score (nSPS) is 12.3. The zero-order valence-corrected chi connectivity index (χ0v) is 17.5. The van der Waals surface area contributed by atoms with E-state index in [0.717, 1.165) is 42.7 Å². The van der Waals surface area contributed by atoms with Gasteiger partial charge in [-0.1, -0.05) is 42.5 Å². The van der Waals surface area contributed by atoms with Crippen molar-refractivity contribution in [2.45, 2.75) is 6.42 Å². The van der Waals surface area contributed by atoms with E-state index in [1.54, 1.807) is 0 Å². The number of aliphatic imine (C=N–C) groups is 1. The fourth-order valence-electron chi connectivity index (χ4n) is 3.10. The summed E-state index contributed by atoms with van der Waals surface area (Å²) in [7, 11) is 0. The van der Waals surface area contributed by atoms with E-state index >= 15 is 0 Å². The molecule has 0 bridgehead atoms. The number of anilines is 1. The molecule has 4 rings (SSSR count). The number of hydrogen-bond donors (Lipinski definition) is 2. The van der Waals surface area contributed by atoms with Crippen molar-refractivity contribution >= 4 is 24.1 Å². The van der Waals surface area contributed by atoms with Crippen LogP contribution in [0.5, 0.6) is 11.5 Å². The van der Waals surface area contributed by atoms with Crippen molar-refractivity contribution in [2.24, 2.45) is 4.99 Å². The lowest BCUT2D eigenvalue weighted by molar-refractivity contribution is 0.217. The van der Waals surface area contributed by atoms with Crippen LogP contribution in [0, 0.1) is 0 Å². The lowest BCUT2D eigenvalue weighted by atomic mass is 10.0. The molecule has 0 amide bonds. The quantitative estimate of drug-likeness (QED) is 0.523. The number of nitrogens with zero attached hydrogens (tertiary/aromatic N) is 1. The number of halogens is 1. The van der Waals surface area contributed by atoms with Crippen LogP contribution in [-0.4, -0.2) is 32.3 Å². The Hall–Kier alpha value is -3.18. The van der Waals surface area contributed by atoms with Crippen LogP contribution >= 0.6 is 12.4 Å². The Kier molecular flexibility index (Phi) is 7.98. The van der Waals surface area contributed by atoms with Gasteiger partial charge < -0.3 is 20.1 Å². The zero-order valence-electron chi connectivity index (χ0n) is 16.7. The second-order valence-corrected chi connectivity index (χ2v) is 6.81. The molecule has 6 heteroatoms. The summed E-state index contributed by atoms with van der Waals surface area (Å²) in [5, 5.41) is 6.50. The molecule has 1 heterocycles. The Morgan fingerprint density at radius 3 is 1.97 bits per heavy atom. The van der Waals surface area contributed by atoms with Gasteiger partial charge >= 0.3 is 0 Å². The molecule has 0 atom stereocenters. The highest BCUT2D eigenvalue weighted by atomic mass is 35.5. The summed E-state index contributed by atoms with van der Waals surface area (Å²) >= 11 is 0. The first-order valence-corrected chi connectivity index (χ1v) is 9.89. The van der Waals surface area contributed by atoms with Crippen LogP contribution in [-0.2, 0) is 6.42 Å². The van der Waals surface area contributed by atoms with E-state index in [-0.39, 0.29) is 12.4 Å². The van der Waals surface area contributed by atoms with E-state index in [1.165, 1.54) is 11.1 Å². The smallest absolute Gasteiger partial charge is 0.195 e. The minimum absolute atomic E-state index is 0. The van der Waals surface area contributed by atoms with Gasteiger partial charge in [-0.3, -0.25) is 4.99 Å². The number of guanidine groups is 1. The van der Waals surface area contributed by atoms with Gasteiger partial charge in [-0.25, -0.2) is 0 Å².